The fraction of sp³-hybridized carbons (Fsp3) is 0.818. The molecule has 0 saturated carbocycles. The Kier molecular flexibility index (Phi) is 9.37. The van der Waals surface area contributed by atoms with Crippen LogP contribution in [-0.4, -0.2) is 63.8 Å². The topological polar surface area (TPSA) is 67.9 Å². The van der Waals surface area contributed by atoms with Gasteiger partial charge in [-0.05, 0) is 6.42 Å². The van der Waals surface area contributed by atoms with Gasteiger partial charge in [0.1, 0.15) is 6.61 Å². The van der Waals surface area contributed by atoms with Crippen LogP contribution in [-0.2, 0) is 19.1 Å². The standard InChI is InChI=1S/C11H22N2O4/c1-4-5-13(8-10(14)12-2)11(15)9-17-7-6-16-3/h4-9H2,1-3H3,(H,12,14). The number of rotatable bonds is 9. The van der Waals surface area contributed by atoms with Gasteiger partial charge < -0.3 is 19.7 Å². The molecule has 0 aromatic heterocycles. The number of methoxy groups -OCH3 is 1. The Morgan fingerprint density at radius 1 is 1.29 bits per heavy atom. The number of carbonyl (C=O) groups excluding carboxylic acids is 2. The van der Waals surface area contributed by atoms with Crippen LogP contribution in [0.5, 0.6) is 0 Å². The van der Waals surface area contributed by atoms with Crippen LogP contribution in [0, 0.1) is 0 Å². The van der Waals surface area contributed by atoms with Gasteiger partial charge in [0, 0.05) is 20.7 Å². The molecule has 0 unspecified atom stereocenters. The lowest BCUT2D eigenvalue weighted by atomic mass is 10.3. The molecule has 0 aliphatic rings. The van der Waals surface area contributed by atoms with Gasteiger partial charge in [0.2, 0.25) is 11.8 Å². The highest BCUT2D eigenvalue weighted by Gasteiger charge is 2.15. The molecular weight excluding hydrogens is 224 g/mol. The molecule has 0 heterocycles. The zero-order valence-electron chi connectivity index (χ0n) is 10.8. The summed E-state index contributed by atoms with van der Waals surface area (Å²) in [5, 5.41) is 2.49. The predicted molar refractivity (Wildman–Crippen MR) is 63.6 cm³/mol. The molecule has 0 aromatic rings. The van der Waals surface area contributed by atoms with E-state index in [1.54, 1.807) is 14.2 Å². The molecule has 0 fully saturated rings. The number of hydrogen-bond donors (Lipinski definition) is 1. The Balaban J connectivity index is 4.01. The molecule has 17 heavy (non-hydrogen) atoms. The Morgan fingerprint density at radius 2 is 2.00 bits per heavy atom. The van der Waals surface area contributed by atoms with Gasteiger partial charge in [-0.3, -0.25) is 9.59 Å². The lowest BCUT2D eigenvalue weighted by Crippen LogP contribution is -2.41. The number of ether oxygens (including phenoxy) is 2. The van der Waals surface area contributed by atoms with E-state index in [4.69, 9.17) is 9.47 Å². The van der Waals surface area contributed by atoms with E-state index >= 15 is 0 Å². The quantitative estimate of drug-likeness (QED) is 0.564. The van der Waals surface area contributed by atoms with Gasteiger partial charge in [-0.1, -0.05) is 6.92 Å². The molecule has 6 heteroatoms. The van der Waals surface area contributed by atoms with Crippen LogP contribution in [0.15, 0.2) is 0 Å². The van der Waals surface area contributed by atoms with Gasteiger partial charge in [-0.25, -0.2) is 0 Å². The summed E-state index contributed by atoms with van der Waals surface area (Å²) >= 11 is 0. The highest BCUT2D eigenvalue weighted by Crippen LogP contribution is 1.94. The molecule has 0 rings (SSSR count). The van der Waals surface area contributed by atoms with Gasteiger partial charge >= 0.3 is 0 Å². The zero-order chi connectivity index (χ0) is 13.1. The van der Waals surface area contributed by atoms with Crippen molar-refractivity contribution in [1.82, 2.24) is 10.2 Å². The Labute approximate surface area is 102 Å². The van der Waals surface area contributed by atoms with Crippen molar-refractivity contribution in [3.63, 3.8) is 0 Å². The van der Waals surface area contributed by atoms with E-state index in [2.05, 4.69) is 5.32 Å². The van der Waals surface area contributed by atoms with Crippen molar-refractivity contribution in [3.05, 3.63) is 0 Å². The minimum Gasteiger partial charge on any atom is -0.382 e. The zero-order valence-corrected chi connectivity index (χ0v) is 10.8. The van der Waals surface area contributed by atoms with E-state index in [0.717, 1.165) is 6.42 Å². The summed E-state index contributed by atoms with van der Waals surface area (Å²) in [4.78, 5) is 24.4. The highest BCUT2D eigenvalue weighted by molar-refractivity contribution is 5.85. The van der Waals surface area contributed by atoms with E-state index in [-0.39, 0.29) is 25.0 Å². The van der Waals surface area contributed by atoms with E-state index < -0.39 is 0 Å². The summed E-state index contributed by atoms with van der Waals surface area (Å²) in [6.45, 7) is 3.41. The maximum atomic E-state index is 11.7. The first-order valence-corrected chi connectivity index (χ1v) is 5.70. The van der Waals surface area contributed by atoms with Crippen molar-refractivity contribution in [2.24, 2.45) is 0 Å². The minimum atomic E-state index is -0.177. The van der Waals surface area contributed by atoms with Crippen LogP contribution >= 0.6 is 0 Å². The summed E-state index contributed by atoms with van der Waals surface area (Å²) in [5.74, 6) is -0.352. The number of hydrogen-bond acceptors (Lipinski definition) is 4. The normalized spacial score (nSPS) is 10.1. The lowest BCUT2D eigenvalue weighted by Gasteiger charge is -2.21. The van der Waals surface area contributed by atoms with Gasteiger partial charge in [-0.15, -0.1) is 0 Å². The smallest absolute Gasteiger partial charge is 0.249 e. The summed E-state index contributed by atoms with van der Waals surface area (Å²) in [6, 6.07) is 0. The summed E-state index contributed by atoms with van der Waals surface area (Å²) in [6.07, 6.45) is 0.806. The van der Waals surface area contributed by atoms with Crippen molar-refractivity contribution in [2.45, 2.75) is 13.3 Å². The molecule has 100 valence electrons. The first-order chi connectivity index (χ1) is 8.15. The van der Waals surface area contributed by atoms with Gasteiger partial charge in [-0.2, -0.15) is 0 Å². The Bertz CT molecular complexity index is 234. The van der Waals surface area contributed by atoms with Crippen LogP contribution in [0.3, 0.4) is 0 Å². The van der Waals surface area contributed by atoms with Gasteiger partial charge in [0.05, 0.1) is 19.8 Å². The van der Waals surface area contributed by atoms with Crippen LogP contribution in [0.2, 0.25) is 0 Å². The number of amides is 2. The Hall–Kier alpha value is -1.14. The molecule has 0 bridgehead atoms. The second-order valence-electron chi connectivity index (χ2n) is 3.53. The summed E-state index contributed by atoms with van der Waals surface area (Å²) in [7, 11) is 3.12. The maximum Gasteiger partial charge on any atom is 0.249 e. The van der Waals surface area contributed by atoms with Crippen molar-refractivity contribution >= 4 is 11.8 Å². The molecule has 2 amide bonds. The maximum absolute atomic E-state index is 11.7. The monoisotopic (exact) mass is 246 g/mol. The van der Waals surface area contributed by atoms with Crippen LogP contribution in [0.4, 0.5) is 0 Å². The predicted octanol–water partition coefficient (Wildman–Crippen LogP) is -0.366. The SMILES string of the molecule is CCCN(CC(=O)NC)C(=O)COCCOC. The Morgan fingerprint density at radius 3 is 2.53 bits per heavy atom. The van der Waals surface area contributed by atoms with Crippen LogP contribution in [0.25, 0.3) is 0 Å². The third-order valence-corrected chi connectivity index (χ3v) is 2.12. The molecule has 0 saturated heterocycles. The summed E-state index contributed by atoms with van der Waals surface area (Å²) in [5.41, 5.74) is 0. The molecule has 0 radical (unpaired) electrons. The van der Waals surface area contributed by atoms with Crippen LogP contribution < -0.4 is 5.32 Å². The number of nitrogens with zero attached hydrogens (tertiary/aromatic N) is 1. The fourth-order valence-electron chi connectivity index (χ4n) is 1.21. The minimum absolute atomic E-state index is 0.0135. The largest absolute Gasteiger partial charge is 0.382 e. The van der Waals surface area contributed by atoms with Gasteiger partial charge in [0.25, 0.3) is 0 Å². The molecule has 0 spiro atoms. The molecule has 0 aliphatic carbocycles. The molecule has 0 aliphatic heterocycles. The number of nitrogens with one attached hydrogen (secondary N) is 1. The van der Waals surface area contributed by atoms with E-state index in [0.29, 0.717) is 19.8 Å². The lowest BCUT2D eigenvalue weighted by molar-refractivity contribution is -0.140. The van der Waals surface area contributed by atoms with E-state index in [1.807, 2.05) is 6.92 Å². The first kappa shape index (κ1) is 15.9. The molecular formula is C11H22N2O4. The fourth-order valence-corrected chi connectivity index (χ4v) is 1.21. The number of carbonyl (C=O) groups is 2. The first-order valence-electron chi connectivity index (χ1n) is 5.70. The van der Waals surface area contributed by atoms with E-state index in [1.165, 1.54) is 4.90 Å². The average molecular weight is 246 g/mol. The van der Waals surface area contributed by atoms with Crippen LogP contribution in [0.1, 0.15) is 13.3 Å². The van der Waals surface area contributed by atoms with Crippen molar-refractivity contribution in [1.29, 1.82) is 0 Å². The second-order valence-corrected chi connectivity index (χ2v) is 3.53. The number of likely N-dealkylation sites (N-methyl/N-ethyl adjacent to an activating group) is 1. The van der Waals surface area contributed by atoms with Crippen molar-refractivity contribution in [3.8, 4) is 0 Å². The average Bonchev–Trinajstić information content (AvgIpc) is 2.33. The van der Waals surface area contributed by atoms with Crippen molar-refractivity contribution < 1.29 is 19.1 Å². The molecule has 6 nitrogen and oxygen atoms in total. The van der Waals surface area contributed by atoms with Crippen molar-refractivity contribution in [2.75, 3.05) is 47.1 Å². The van der Waals surface area contributed by atoms with Gasteiger partial charge in [0.15, 0.2) is 0 Å². The molecule has 0 aromatic carbocycles. The highest BCUT2D eigenvalue weighted by atomic mass is 16.5. The molecule has 1 N–H and O–H groups in total. The third-order valence-electron chi connectivity index (χ3n) is 2.12. The second kappa shape index (κ2) is 10.0. The third kappa shape index (κ3) is 7.70. The summed E-state index contributed by atoms with van der Waals surface area (Å²) < 4.78 is 9.93. The van der Waals surface area contributed by atoms with E-state index in [9.17, 15) is 9.59 Å². The molecule has 0 atom stereocenters.